The molecule has 162 valence electrons. The lowest BCUT2D eigenvalue weighted by Gasteiger charge is -2.24. The zero-order valence-electron chi connectivity index (χ0n) is 18.3. The lowest BCUT2D eigenvalue weighted by Crippen LogP contribution is -2.26. The molecule has 0 fully saturated rings. The van der Waals surface area contributed by atoms with Gasteiger partial charge in [0.2, 0.25) is 0 Å². The Hall–Kier alpha value is -3.09. The molecule has 0 spiro atoms. The van der Waals surface area contributed by atoms with Gasteiger partial charge in [-0.1, -0.05) is 19.9 Å². The van der Waals surface area contributed by atoms with E-state index >= 15 is 0 Å². The Labute approximate surface area is 177 Å². The summed E-state index contributed by atoms with van der Waals surface area (Å²) in [7, 11) is 3.00. The van der Waals surface area contributed by atoms with Crippen molar-refractivity contribution in [3.63, 3.8) is 0 Å². The van der Waals surface area contributed by atoms with Crippen molar-refractivity contribution in [2.75, 3.05) is 14.2 Å². The fraction of sp³-hybridized carbons (Fsp3) is 0.435. The van der Waals surface area contributed by atoms with Gasteiger partial charge in [0, 0.05) is 24.6 Å². The summed E-state index contributed by atoms with van der Waals surface area (Å²) in [5, 5.41) is 10.1. The molecule has 0 unspecified atom stereocenters. The van der Waals surface area contributed by atoms with Gasteiger partial charge in [0.15, 0.2) is 23.0 Å². The maximum atomic E-state index is 12.5. The minimum absolute atomic E-state index is 0.0353. The Kier molecular flexibility index (Phi) is 7.80. The van der Waals surface area contributed by atoms with E-state index in [1.54, 1.807) is 14.0 Å². The highest BCUT2D eigenvalue weighted by atomic mass is 16.5. The molecule has 2 aromatic rings. The molecule has 0 aliphatic rings. The van der Waals surface area contributed by atoms with Crippen molar-refractivity contribution in [1.29, 1.82) is 0 Å². The molecule has 1 N–H and O–H groups in total. The quantitative estimate of drug-likeness (QED) is 0.487. The van der Waals surface area contributed by atoms with Gasteiger partial charge in [-0.25, -0.2) is 4.98 Å². The molecule has 1 aromatic heterocycles. The maximum absolute atomic E-state index is 12.5. The molecule has 7 heteroatoms. The third-order valence-electron chi connectivity index (χ3n) is 5.24. The molecular formula is C23H29NO6. The van der Waals surface area contributed by atoms with Gasteiger partial charge in [-0.3, -0.25) is 9.59 Å². The number of aryl methyl sites for hydroxylation is 1. The number of hydrogen-bond donors (Lipinski definition) is 1. The van der Waals surface area contributed by atoms with Crippen LogP contribution < -0.4 is 9.47 Å². The molecule has 0 aliphatic carbocycles. The number of carbonyl (C=O) groups excluding carboxylic acids is 2. The smallest absolute Gasteiger partial charge is 0.309 e. The topological polar surface area (TPSA) is 95.0 Å². The number of ether oxygens (including phenoxy) is 3. The summed E-state index contributed by atoms with van der Waals surface area (Å²) in [6.45, 7) is 7.42. The van der Waals surface area contributed by atoms with Gasteiger partial charge in [0.05, 0.1) is 20.1 Å². The highest BCUT2D eigenvalue weighted by Gasteiger charge is 2.27. The summed E-state index contributed by atoms with van der Waals surface area (Å²) in [4.78, 5) is 29.0. The Morgan fingerprint density at radius 3 is 2.40 bits per heavy atom. The van der Waals surface area contributed by atoms with E-state index in [4.69, 9.17) is 14.2 Å². The average Bonchev–Trinajstić information content (AvgIpc) is 2.72. The van der Waals surface area contributed by atoms with Crippen molar-refractivity contribution in [1.82, 2.24) is 4.98 Å². The number of rotatable bonds is 9. The first kappa shape index (κ1) is 23.2. The molecule has 0 saturated heterocycles. The number of nitrogens with zero attached hydrogens (tertiary/aromatic N) is 1. The van der Waals surface area contributed by atoms with Crippen molar-refractivity contribution < 1.29 is 28.9 Å². The van der Waals surface area contributed by atoms with E-state index in [1.165, 1.54) is 19.4 Å². The third kappa shape index (κ3) is 5.28. The number of Topliss-reactive ketones (excluding diaryl/α,β-unsaturated/α-hetero) is 1. The van der Waals surface area contributed by atoms with E-state index in [-0.39, 0.29) is 35.6 Å². The summed E-state index contributed by atoms with van der Waals surface area (Å²) >= 11 is 0. The number of ketones is 1. The van der Waals surface area contributed by atoms with Crippen LogP contribution in [0.25, 0.3) is 0 Å². The van der Waals surface area contributed by atoms with Crippen LogP contribution in [0.15, 0.2) is 30.5 Å². The fourth-order valence-corrected chi connectivity index (χ4v) is 3.20. The molecule has 0 radical (unpaired) electrons. The second kappa shape index (κ2) is 10.1. The van der Waals surface area contributed by atoms with Gasteiger partial charge in [-0.05, 0) is 37.1 Å². The highest BCUT2D eigenvalue weighted by Crippen LogP contribution is 2.30. The van der Waals surface area contributed by atoms with Crippen molar-refractivity contribution in [2.45, 2.75) is 46.1 Å². The molecule has 2 rings (SSSR count). The van der Waals surface area contributed by atoms with E-state index < -0.39 is 17.7 Å². The van der Waals surface area contributed by atoms with Crippen LogP contribution in [0.3, 0.4) is 0 Å². The van der Waals surface area contributed by atoms with Crippen molar-refractivity contribution >= 4 is 11.8 Å². The number of hydrogen-bond acceptors (Lipinski definition) is 7. The van der Waals surface area contributed by atoms with Crippen LogP contribution in [-0.4, -0.2) is 42.2 Å². The van der Waals surface area contributed by atoms with E-state index in [0.29, 0.717) is 0 Å². The van der Waals surface area contributed by atoms with Crippen LogP contribution in [0.4, 0.5) is 0 Å². The lowest BCUT2D eigenvalue weighted by molar-refractivity contribution is -0.153. The van der Waals surface area contributed by atoms with Gasteiger partial charge >= 0.3 is 5.97 Å². The van der Waals surface area contributed by atoms with Crippen molar-refractivity contribution in [3.8, 4) is 17.2 Å². The Balaban J connectivity index is 2.02. The number of benzene rings is 1. The molecule has 0 amide bonds. The van der Waals surface area contributed by atoms with Crippen molar-refractivity contribution in [3.05, 3.63) is 47.3 Å². The second-order valence-electron chi connectivity index (χ2n) is 7.39. The van der Waals surface area contributed by atoms with E-state index in [1.807, 2.05) is 39.0 Å². The zero-order chi connectivity index (χ0) is 22.4. The van der Waals surface area contributed by atoms with Crippen LogP contribution in [0, 0.1) is 12.8 Å². The predicted octanol–water partition coefficient (Wildman–Crippen LogP) is 4.06. The Morgan fingerprint density at radius 2 is 1.80 bits per heavy atom. The summed E-state index contributed by atoms with van der Waals surface area (Å²) in [6.07, 6.45) is 0.857. The highest BCUT2D eigenvalue weighted by molar-refractivity contribution is 5.99. The van der Waals surface area contributed by atoms with E-state index in [2.05, 4.69) is 4.98 Å². The Morgan fingerprint density at radius 1 is 1.10 bits per heavy atom. The first-order valence-corrected chi connectivity index (χ1v) is 9.79. The van der Waals surface area contributed by atoms with Gasteiger partial charge in [-0.15, -0.1) is 0 Å². The molecule has 0 saturated carbocycles. The molecular weight excluding hydrogens is 386 g/mol. The van der Waals surface area contributed by atoms with Crippen LogP contribution in [-0.2, 0) is 9.53 Å². The third-order valence-corrected chi connectivity index (χ3v) is 5.24. The monoisotopic (exact) mass is 415 g/mol. The zero-order valence-corrected chi connectivity index (χ0v) is 18.3. The molecule has 0 aliphatic heterocycles. The van der Waals surface area contributed by atoms with E-state index in [9.17, 15) is 14.7 Å². The number of esters is 1. The largest absolute Gasteiger partial charge is 0.503 e. The fourth-order valence-electron chi connectivity index (χ4n) is 3.20. The first-order valence-electron chi connectivity index (χ1n) is 9.79. The van der Waals surface area contributed by atoms with Crippen LogP contribution >= 0.6 is 0 Å². The average molecular weight is 415 g/mol. The number of carbonyl (C=O) groups is 2. The lowest BCUT2D eigenvalue weighted by atomic mass is 9.92. The Bertz CT molecular complexity index is 911. The standard InChI is InChI=1S/C23H29NO6/c1-13-11-17(28-5)7-8-18(13)15(3)16(4)30-23(27)14(2)12-19(25)21-22(26)20(29-6)9-10-24-21/h7-11,14-16,26H,12H2,1-6H3/t14-,15+,16-/m1/s1. The SMILES string of the molecule is COc1ccc([C@@H](C)[C@@H](C)OC(=O)[C@H](C)CC(=O)c2nccc(OC)c2O)c(C)c1. The summed E-state index contributed by atoms with van der Waals surface area (Å²) < 4.78 is 15.8. The van der Waals surface area contributed by atoms with Crippen LogP contribution in [0.2, 0.25) is 0 Å². The molecule has 30 heavy (non-hydrogen) atoms. The molecule has 1 aromatic carbocycles. The van der Waals surface area contributed by atoms with Crippen LogP contribution in [0.5, 0.6) is 17.2 Å². The summed E-state index contributed by atoms with van der Waals surface area (Å²) in [5.41, 5.74) is 1.99. The minimum atomic E-state index is -0.684. The first-order chi connectivity index (χ1) is 14.2. The predicted molar refractivity (Wildman–Crippen MR) is 112 cm³/mol. The van der Waals surface area contributed by atoms with Gasteiger partial charge in [-0.2, -0.15) is 0 Å². The molecule has 7 nitrogen and oxygen atoms in total. The minimum Gasteiger partial charge on any atom is -0.503 e. The van der Waals surface area contributed by atoms with E-state index in [0.717, 1.165) is 16.9 Å². The normalized spacial score (nSPS) is 13.8. The maximum Gasteiger partial charge on any atom is 0.309 e. The second-order valence-corrected chi connectivity index (χ2v) is 7.39. The number of aromatic nitrogens is 1. The molecule has 0 bridgehead atoms. The summed E-state index contributed by atoms with van der Waals surface area (Å²) in [6, 6.07) is 7.24. The molecule has 1 heterocycles. The summed E-state index contributed by atoms with van der Waals surface area (Å²) in [5.74, 6) is -1.06. The van der Waals surface area contributed by atoms with Crippen LogP contribution in [0.1, 0.15) is 54.7 Å². The molecule has 3 atom stereocenters. The number of methoxy groups -OCH3 is 2. The van der Waals surface area contributed by atoms with Gasteiger partial charge in [0.25, 0.3) is 0 Å². The van der Waals surface area contributed by atoms with Gasteiger partial charge < -0.3 is 19.3 Å². The number of aromatic hydroxyl groups is 1. The van der Waals surface area contributed by atoms with Gasteiger partial charge in [0.1, 0.15) is 11.9 Å². The number of pyridine rings is 1. The van der Waals surface area contributed by atoms with Crippen molar-refractivity contribution in [2.24, 2.45) is 5.92 Å².